The van der Waals surface area contributed by atoms with Crippen LogP contribution in [0.25, 0.3) is 10.1 Å². The highest BCUT2D eigenvalue weighted by Crippen LogP contribution is 2.29. The van der Waals surface area contributed by atoms with Gasteiger partial charge in [0.2, 0.25) is 0 Å². The summed E-state index contributed by atoms with van der Waals surface area (Å²) < 4.78 is 7.27. The topological polar surface area (TPSA) is 21.3 Å². The molecule has 0 aliphatic carbocycles. The molecule has 0 saturated carbocycles. The molecular weight excluding hydrogens is 266 g/mol. The van der Waals surface area contributed by atoms with E-state index in [4.69, 9.17) is 4.74 Å². The zero-order valence-electron chi connectivity index (χ0n) is 11.0. The predicted molar refractivity (Wildman–Crippen MR) is 84.9 cm³/mol. The smallest absolute Gasteiger partial charge is 0.123 e. The van der Waals surface area contributed by atoms with Crippen molar-refractivity contribution in [2.45, 2.75) is 12.5 Å². The molecule has 1 unspecified atom stereocenters. The highest BCUT2D eigenvalue weighted by atomic mass is 32.1. The van der Waals surface area contributed by atoms with Gasteiger partial charge in [-0.1, -0.05) is 18.2 Å². The van der Waals surface area contributed by atoms with Gasteiger partial charge in [-0.15, -0.1) is 11.3 Å². The van der Waals surface area contributed by atoms with Crippen molar-refractivity contribution < 1.29 is 4.74 Å². The van der Waals surface area contributed by atoms with Crippen molar-refractivity contribution in [3.05, 3.63) is 59.5 Å². The van der Waals surface area contributed by atoms with Crippen LogP contribution in [-0.2, 0) is 6.42 Å². The first-order valence-electron chi connectivity index (χ1n) is 6.84. The van der Waals surface area contributed by atoms with Crippen LogP contribution >= 0.6 is 11.3 Å². The number of hydrogen-bond donors (Lipinski definition) is 1. The van der Waals surface area contributed by atoms with E-state index < -0.39 is 0 Å². The number of benzene rings is 2. The lowest BCUT2D eigenvalue weighted by molar-refractivity contribution is 0.246. The van der Waals surface area contributed by atoms with E-state index in [2.05, 4.69) is 47.1 Å². The standard InChI is InChI=1S/C17H15NOS/c1-2-4-16-12(3-1)10-15(19-16)11-18-14-5-6-17-13(9-14)7-8-20-17/h1-9,15,18H,10-11H2. The fourth-order valence-corrected chi connectivity index (χ4v) is 3.45. The number of thiophene rings is 1. The van der Waals surface area contributed by atoms with Crippen LogP contribution in [0.1, 0.15) is 5.56 Å². The Kier molecular flexibility index (Phi) is 2.85. The van der Waals surface area contributed by atoms with Crippen LogP contribution in [0.4, 0.5) is 5.69 Å². The van der Waals surface area contributed by atoms with Crippen LogP contribution in [0.3, 0.4) is 0 Å². The molecule has 1 N–H and O–H groups in total. The molecule has 0 bridgehead atoms. The van der Waals surface area contributed by atoms with E-state index in [0.717, 1.165) is 24.4 Å². The Labute approximate surface area is 122 Å². The Balaban J connectivity index is 1.44. The predicted octanol–water partition coefficient (Wildman–Crippen LogP) is 4.32. The molecule has 3 aromatic rings. The van der Waals surface area contributed by atoms with Crippen molar-refractivity contribution in [2.75, 3.05) is 11.9 Å². The van der Waals surface area contributed by atoms with E-state index in [1.807, 2.05) is 12.1 Å². The maximum Gasteiger partial charge on any atom is 0.123 e. The minimum atomic E-state index is 0.227. The van der Waals surface area contributed by atoms with Gasteiger partial charge in [0.15, 0.2) is 0 Å². The van der Waals surface area contributed by atoms with Crippen LogP contribution in [0, 0.1) is 0 Å². The average Bonchev–Trinajstić information content (AvgIpc) is 3.10. The van der Waals surface area contributed by atoms with Gasteiger partial charge < -0.3 is 10.1 Å². The fraction of sp³-hybridized carbons (Fsp3) is 0.176. The Morgan fingerprint density at radius 2 is 2.10 bits per heavy atom. The number of anilines is 1. The number of fused-ring (bicyclic) bond motifs is 2. The maximum atomic E-state index is 5.94. The highest BCUT2D eigenvalue weighted by molar-refractivity contribution is 7.17. The summed E-state index contributed by atoms with van der Waals surface area (Å²) in [6.07, 6.45) is 1.22. The van der Waals surface area contributed by atoms with Crippen molar-refractivity contribution in [2.24, 2.45) is 0 Å². The van der Waals surface area contributed by atoms with Gasteiger partial charge >= 0.3 is 0 Å². The Hall–Kier alpha value is -2.00. The minimum Gasteiger partial charge on any atom is -0.488 e. The summed E-state index contributed by atoms with van der Waals surface area (Å²) >= 11 is 1.78. The maximum absolute atomic E-state index is 5.94. The first kappa shape index (κ1) is 11.8. The first-order chi connectivity index (χ1) is 9.88. The molecule has 1 atom stereocenters. The minimum absolute atomic E-state index is 0.227. The normalized spacial score (nSPS) is 16.9. The van der Waals surface area contributed by atoms with Crippen LogP contribution in [-0.4, -0.2) is 12.6 Å². The van der Waals surface area contributed by atoms with Crippen molar-refractivity contribution >= 4 is 27.1 Å². The molecule has 100 valence electrons. The second kappa shape index (κ2) is 4.84. The van der Waals surface area contributed by atoms with E-state index >= 15 is 0 Å². The monoisotopic (exact) mass is 281 g/mol. The summed E-state index contributed by atoms with van der Waals surface area (Å²) in [5.74, 6) is 1.03. The molecule has 0 saturated heterocycles. The molecule has 0 fully saturated rings. The summed E-state index contributed by atoms with van der Waals surface area (Å²) in [6, 6.07) is 17.0. The van der Waals surface area contributed by atoms with Crippen LogP contribution < -0.4 is 10.1 Å². The molecule has 1 aliphatic rings. The Bertz CT molecular complexity index is 724. The van der Waals surface area contributed by atoms with E-state index in [1.165, 1.54) is 15.6 Å². The first-order valence-corrected chi connectivity index (χ1v) is 7.72. The van der Waals surface area contributed by atoms with Crippen molar-refractivity contribution in [3.63, 3.8) is 0 Å². The van der Waals surface area contributed by atoms with Gasteiger partial charge in [0, 0.05) is 16.8 Å². The van der Waals surface area contributed by atoms with Gasteiger partial charge in [-0.2, -0.15) is 0 Å². The summed E-state index contributed by atoms with van der Waals surface area (Å²) in [5.41, 5.74) is 2.48. The number of para-hydroxylation sites is 1. The summed E-state index contributed by atoms with van der Waals surface area (Å²) in [7, 11) is 0. The summed E-state index contributed by atoms with van der Waals surface area (Å²) in [5, 5.41) is 6.91. The van der Waals surface area contributed by atoms with E-state index in [-0.39, 0.29) is 6.10 Å². The molecule has 0 radical (unpaired) electrons. The zero-order valence-corrected chi connectivity index (χ0v) is 11.8. The third-order valence-corrected chi connectivity index (χ3v) is 4.60. The largest absolute Gasteiger partial charge is 0.488 e. The summed E-state index contributed by atoms with van der Waals surface area (Å²) in [4.78, 5) is 0. The van der Waals surface area contributed by atoms with Gasteiger partial charge in [0.05, 0.1) is 6.54 Å². The molecule has 1 aliphatic heterocycles. The second-order valence-corrected chi connectivity index (χ2v) is 6.05. The second-order valence-electron chi connectivity index (χ2n) is 5.11. The molecule has 0 spiro atoms. The lowest BCUT2D eigenvalue weighted by atomic mass is 10.1. The molecule has 1 aromatic heterocycles. The lowest BCUT2D eigenvalue weighted by Gasteiger charge is -2.13. The highest BCUT2D eigenvalue weighted by Gasteiger charge is 2.21. The van der Waals surface area contributed by atoms with Gasteiger partial charge in [0.1, 0.15) is 11.9 Å². The van der Waals surface area contributed by atoms with Gasteiger partial charge in [-0.25, -0.2) is 0 Å². The number of rotatable bonds is 3. The van der Waals surface area contributed by atoms with Crippen LogP contribution in [0.15, 0.2) is 53.9 Å². The molecule has 2 heterocycles. The zero-order chi connectivity index (χ0) is 13.4. The molecule has 4 rings (SSSR count). The van der Waals surface area contributed by atoms with Gasteiger partial charge in [-0.05, 0) is 46.7 Å². The SMILES string of the molecule is c1ccc2c(c1)CC(CNc1ccc3sccc3c1)O2. The molecule has 2 nitrogen and oxygen atoms in total. The molecule has 0 amide bonds. The van der Waals surface area contributed by atoms with E-state index in [1.54, 1.807) is 11.3 Å². The quantitative estimate of drug-likeness (QED) is 0.772. The van der Waals surface area contributed by atoms with E-state index in [9.17, 15) is 0 Å². The molecule has 3 heteroatoms. The fourth-order valence-electron chi connectivity index (χ4n) is 2.68. The third-order valence-electron chi connectivity index (χ3n) is 3.70. The van der Waals surface area contributed by atoms with Crippen molar-refractivity contribution in [1.29, 1.82) is 0 Å². The summed E-state index contributed by atoms with van der Waals surface area (Å²) in [6.45, 7) is 0.838. The average molecular weight is 281 g/mol. The number of ether oxygens (including phenoxy) is 1. The molecule has 2 aromatic carbocycles. The molecular formula is C17H15NOS. The lowest BCUT2D eigenvalue weighted by Crippen LogP contribution is -2.23. The van der Waals surface area contributed by atoms with Crippen LogP contribution in [0.2, 0.25) is 0 Å². The van der Waals surface area contributed by atoms with Crippen LogP contribution in [0.5, 0.6) is 5.75 Å². The van der Waals surface area contributed by atoms with Crippen molar-refractivity contribution in [3.8, 4) is 5.75 Å². The third kappa shape index (κ3) is 2.14. The number of hydrogen-bond acceptors (Lipinski definition) is 3. The van der Waals surface area contributed by atoms with Gasteiger partial charge in [0.25, 0.3) is 0 Å². The van der Waals surface area contributed by atoms with E-state index in [0.29, 0.717) is 0 Å². The van der Waals surface area contributed by atoms with Crippen molar-refractivity contribution in [1.82, 2.24) is 0 Å². The molecule has 20 heavy (non-hydrogen) atoms. The number of nitrogens with one attached hydrogen (secondary N) is 1. The Morgan fingerprint density at radius 3 is 3.05 bits per heavy atom. The van der Waals surface area contributed by atoms with Gasteiger partial charge in [-0.3, -0.25) is 0 Å². The Morgan fingerprint density at radius 1 is 1.15 bits per heavy atom.